The van der Waals surface area contributed by atoms with Gasteiger partial charge in [-0.15, -0.1) is 0 Å². The highest BCUT2D eigenvalue weighted by Gasteiger charge is 2.11. The standard InChI is InChI=1S/C15H14BrClFNO/c1-2-19-9-11-12(17)4-3-5-14(11)20-15-7-6-10(16)8-13(15)18/h3-8,19H,2,9H2,1H3. The van der Waals surface area contributed by atoms with Crippen molar-refractivity contribution in [2.75, 3.05) is 6.54 Å². The second-order valence-corrected chi connectivity index (χ2v) is 5.50. The van der Waals surface area contributed by atoms with E-state index in [4.69, 9.17) is 16.3 Å². The molecule has 0 amide bonds. The van der Waals surface area contributed by atoms with Crippen LogP contribution in [0.15, 0.2) is 40.9 Å². The first kappa shape index (κ1) is 15.3. The molecule has 0 atom stereocenters. The van der Waals surface area contributed by atoms with Gasteiger partial charge in [-0.2, -0.15) is 0 Å². The molecule has 5 heteroatoms. The van der Waals surface area contributed by atoms with Crippen molar-refractivity contribution in [2.24, 2.45) is 0 Å². The molecule has 0 heterocycles. The van der Waals surface area contributed by atoms with Gasteiger partial charge in [0, 0.05) is 21.6 Å². The van der Waals surface area contributed by atoms with Crippen molar-refractivity contribution in [1.82, 2.24) is 5.32 Å². The summed E-state index contributed by atoms with van der Waals surface area (Å²) in [5.41, 5.74) is 0.818. The average Bonchev–Trinajstić information content (AvgIpc) is 2.41. The number of nitrogens with one attached hydrogen (secondary N) is 1. The molecular formula is C15H14BrClFNO. The third-order valence-electron chi connectivity index (χ3n) is 2.74. The van der Waals surface area contributed by atoms with Crippen LogP contribution in [0.25, 0.3) is 0 Å². The maximum atomic E-state index is 13.8. The predicted octanol–water partition coefficient (Wildman–Crippen LogP) is 5.14. The van der Waals surface area contributed by atoms with E-state index in [9.17, 15) is 4.39 Å². The molecule has 0 radical (unpaired) electrons. The van der Waals surface area contributed by atoms with Crippen LogP contribution < -0.4 is 10.1 Å². The lowest BCUT2D eigenvalue weighted by atomic mass is 10.2. The normalized spacial score (nSPS) is 10.6. The van der Waals surface area contributed by atoms with E-state index >= 15 is 0 Å². The van der Waals surface area contributed by atoms with Gasteiger partial charge in [0.1, 0.15) is 5.75 Å². The molecule has 0 bridgehead atoms. The molecule has 0 fully saturated rings. The fraction of sp³-hybridized carbons (Fsp3) is 0.200. The molecule has 2 rings (SSSR count). The summed E-state index contributed by atoms with van der Waals surface area (Å²) in [6.07, 6.45) is 0. The lowest BCUT2D eigenvalue weighted by Crippen LogP contribution is -2.12. The largest absolute Gasteiger partial charge is 0.454 e. The SMILES string of the molecule is CCNCc1c(Cl)cccc1Oc1ccc(Br)cc1F. The average molecular weight is 359 g/mol. The predicted molar refractivity (Wildman–Crippen MR) is 83.0 cm³/mol. The summed E-state index contributed by atoms with van der Waals surface area (Å²) in [4.78, 5) is 0. The number of halogens is 3. The van der Waals surface area contributed by atoms with Gasteiger partial charge in [-0.25, -0.2) is 4.39 Å². The second-order valence-electron chi connectivity index (χ2n) is 4.17. The zero-order valence-electron chi connectivity index (χ0n) is 10.9. The summed E-state index contributed by atoms with van der Waals surface area (Å²) in [6, 6.07) is 10.0. The first-order valence-corrected chi connectivity index (χ1v) is 7.40. The van der Waals surface area contributed by atoms with Crippen molar-refractivity contribution >= 4 is 27.5 Å². The Kier molecular flexibility index (Phi) is 5.40. The van der Waals surface area contributed by atoms with E-state index in [0.717, 1.165) is 12.1 Å². The minimum Gasteiger partial charge on any atom is -0.454 e. The van der Waals surface area contributed by atoms with Crippen molar-refractivity contribution in [2.45, 2.75) is 13.5 Å². The number of hydrogen-bond donors (Lipinski definition) is 1. The van der Waals surface area contributed by atoms with Gasteiger partial charge in [0.2, 0.25) is 0 Å². The van der Waals surface area contributed by atoms with E-state index in [-0.39, 0.29) is 5.75 Å². The number of ether oxygens (including phenoxy) is 1. The monoisotopic (exact) mass is 357 g/mol. The smallest absolute Gasteiger partial charge is 0.166 e. The lowest BCUT2D eigenvalue weighted by molar-refractivity contribution is 0.436. The molecule has 0 unspecified atom stereocenters. The molecular weight excluding hydrogens is 345 g/mol. The quantitative estimate of drug-likeness (QED) is 0.798. The Morgan fingerprint density at radius 1 is 1.25 bits per heavy atom. The number of benzene rings is 2. The van der Waals surface area contributed by atoms with E-state index in [2.05, 4.69) is 21.2 Å². The van der Waals surface area contributed by atoms with E-state index in [1.165, 1.54) is 6.07 Å². The first-order valence-electron chi connectivity index (χ1n) is 6.23. The molecule has 0 aromatic heterocycles. The van der Waals surface area contributed by atoms with Gasteiger partial charge in [-0.1, -0.05) is 40.5 Å². The molecule has 0 spiro atoms. The maximum Gasteiger partial charge on any atom is 0.166 e. The Hall–Kier alpha value is -1.10. The molecule has 2 aromatic rings. The molecule has 0 aliphatic heterocycles. The summed E-state index contributed by atoms with van der Waals surface area (Å²) < 4.78 is 20.1. The zero-order chi connectivity index (χ0) is 14.5. The summed E-state index contributed by atoms with van der Waals surface area (Å²) >= 11 is 9.39. The van der Waals surface area contributed by atoms with Crippen molar-refractivity contribution in [1.29, 1.82) is 0 Å². The van der Waals surface area contributed by atoms with Crippen LogP contribution in [0.2, 0.25) is 5.02 Å². The summed E-state index contributed by atoms with van der Waals surface area (Å²) in [5.74, 6) is 0.307. The van der Waals surface area contributed by atoms with Crippen LogP contribution in [0.5, 0.6) is 11.5 Å². The highest BCUT2D eigenvalue weighted by atomic mass is 79.9. The molecule has 2 nitrogen and oxygen atoms in total. The Balaban J connectivity index is 2.30. The van der Waals surface area contributed by atoms with Gasteiger partial charge in [0.25, 0.3) is 0 Å². The Morgan fingerprint density at radius 2 is 2.05 bits per heavy atom. The molecule has 106 valence electrons. The Bertz CT molecular complexity index is 606. The van der Waals surface area contributed by atoms with Crippen LogP contribution in [0, 0.1) is 5.82 Å². The molecule has 0 aliphatic carbocycles. The van der Waals surface area contributed by atoms with Crippen LogP contribution in [0.1, 0.15) is 12.5 Å². The molecule has 20 heavy (non-hydrogen) atoms. The van der Waals surface area contributed by atoms with Gasteiger partial charge >= 0.3 is 0 Å². The van der Waals surface area contributed by atoms with Crippen molar-refractivity contribution in [3.63, 3.8) is 0 Å². The van der Waals surface area contributed by atoms with Crippen LogP contribution in [-0.2, 0) is 6.54 Å². The zero-order valence-corrected chi connectivity index (χ0v) is 13.3. The number of hydrogen-bond acceptors (Lipinski definition) is 2. The summed E-state index contributed by atoms with van der Waals surface area (Å²) in [7, 11) is 0. The lowest BCUT2D eigenvalue weighted by Gasteiger charge is -2.13. The summed E-state index contributed by atoms with van der Waals surface area (Å²) in [5, 5.41) is 3.79. The molecule has 0 saturated heterocycles. The van der Waals surface area contributed by atoms with Crippen molar-refractivity contribution in [3.8, 4) is 11.5 Å². The van der Waals surface area contributed by atoms with Crippen molar-refractivity contribution < 1.29 is 9.13 Å². The third kappa shape index (κ3) is 3.72. The van der Waals surface area contributed by atoms with Gasteiger partial charge in [-0.3, -0.25) is 0 Å². The molecule has 2 aromatic carbocycles. The maximum absolute atomic E-state index is 13.8. The highest BCUT2D eigenvalue weighted by molar-refractivity contribution is 9.10. The van der Waals surface area contributed by atoms with Gasteiger partial charge < -0.3 is 10.1 Å². The van der Waals surface area contributed by atoms with Gasteiger partial charge in [0.15, 0.2) is 11.6 Å². The minimum absolute atomic E-state index is 0.174. The second kappa shape index (κ2) is 7.07. The Morgan fingerprint density at radius 3 is 2.75 bits per heavy atom. The van der Waals surface area contributed by atoms with Crippen LogP contribution in [-0.4, -0.2) is 6.54 Å². The fourth-order valence-corrected chi connectivity index (χ4v) is 2.30. The van der Waals surface area contributed by atoms with E-state index in [0.29, 0.717) is 21.8 Å². The van der Waals surface area contributed by atoms with E-state index in [1.807, 2.05) is 6.92 Å². The fourth-order valence-electron chi connectivity index (χ4n) is 1.73. The topological polar surface area (TPSA) is 21.3 Å². The van der Waals surface area contributed by atoms with Gasteiger partial charge in [-0.05, 0) is 36.9 Å². The first-order chi connectivity index (χ1) is 9.61. The van der Waals surface area contributed by atoms with Gasteiger partial charge in [0.05, 0.1) is 0 Å². The highest BCUT2D eigenvalue weighted by Crippen LogP contribution is 2.32. The van der Waals surface area contributed by atoms with Crippen LogP contribution in [0.4, 0.5) is 4.39 Å². The van der Waals surface area contributed by atoms with E-state index in [1.54, 1.807) is 30.3 Å². The third-order valence-corrected chi connectivity index (χ3v) is 3.59. The van der Waals surface area contributed by atoms with Crippen LogP contribution >= 0.6 is 27.5 Å². The van der Waals surface area contributed by atoms with Crippen molar-refractivity contribution in [3.05, 3.63) is 57.3 Å². The van der Waals surface area contributed by atoms with Crippen LogP contribution in [0.3, 0.4) is 0 Å². The van der Waals surface area contributed by atoms with E-state index < -0.39 is 5.82 Å². The molecule has 0 aliphatic rings. The minimum atomic E-state index is -0.422. The molecule has 1 N–H and O–H groups in total. The number of rotatable bonds is 5. The summed E-state index contributed by atoms with van der Waals surface area (Å²) in [6.45, 7) is 3.40. The molecule has 0 saturated carbocycles. The Labute approximate surface area is 131 Å².